The Bertz CT molecular complexity index is 1410. The van der Waals surface area contributed by atoms with Crippen molar-refractivity contribution in [2.45, 2.75) is 12.5 Å². The van der Waals surface area contributed by atoms with Crippen LogP contribution in [-0.2, 0) is 16.0 Å². The highest BCUT2D eigenvalue weighted by atomic mass is 16.5. The fourth-order valence-corrected chi connectivity index (χ4v) is 3.58. The molecule has 0 radical (unpaired) electrons. The van der Waals surface area contributed by atoms with Gasteiger partial charge in [-0.2, -0.15) is 0 Å². The summed E-state index contributed by atoms with van der Waals surface area (Å²) in [4.78, 5) is 49.6. The van der Waals surface area contributed by atoms with Crippen LogP contribution in [0, 0.1) is 0 Å². The van der Waals surface area contributed by atoms with E-state index in [1.165, 1.54) is 31.6 Å². The predicted octanol–water partition coefficient (Wildman–Crippen LogP) is 2.61. The standard InChI is InChI=1S/C25H20N4O6/c1-35-25(34)22(8-14-2-5-17(30)6-3-14)29-23(31)21-10-19(24(32)33)18-9-15(4-7-20(18)28-21)16-11-26-13-27-12-16/h2-7,9-13,22,30H,8H2,1H3,(H,29,31)(H,32,33). The van der Waals surface area contributed by atoms with Crippen LogP contribution >= 0.6 is 0 Å². The summed E-state index contributed by atoms with van der Waals surface area (Å²) in [5.41, 5.74) is 2.08. The molecule has 10 nitrogen and oxygen atoms in total. The highest BCUT2D eigenvalue weighted by Gasteiger charge is 2.25. The number of rotatable bonds is 7. The summed E-state index contributed by atoms with van der Waals surface area (Å²) in [6, 6.07) is 11.2. The first-order chi connectivity index (χ1) is 16.9. The van der Waals surface area contributed by atoms with Crippen molar-refractivity contribution in [3.63, 3.8) is 0 Å². The Morgan fingerprint density at radius 1 is 1.00 bits per heavy atom. The van der Waals surface area contributed by atoms with Gasteiger partial charge in [-0.3, -0.25) is 4.79 Å². The molecule has 0 saturated heterocycles. The number of pyridine rings is 1. The van der Waals surface area contributed by atoms with Crippen LogP contribution in [0.5, 0.6) is 5.75 Å². The van der Waals surface area contributed by atoms with Crippen molar-refractivity contribution in [1.82, 2.24) is 20.3 Å². The van der Waals surface area contributed by atoms with E-state index in [0.717, 1.165) is 0 Å². The van der Waals surface area contributed by atoms with Crippen LogP contribution in [0.25, 0.3) is 22.0 Å². The molecule has 1 amide bonds. The molecule has 2 heterocycles. The molecular weight excluding hydrogens is 452 g/mol. The van der Waals surface area contributed by atoms with Gasteiger partial charge in [0.25, 0.3) is 5.91 Å². The van der Waals surface area contributed by atoms with Gasteiger partial charge in [-0.15, -0.1) is 0 Å². The van der Waals surface area contributed by atoms with Crippen LogP contribution < -0.4 is 5.32 Å². The zero-order valence-corrected chi connectivity index (χ0v) is 18.5. The lowest BCUT2D eigenvalue weighted by Crippen LogP contribution is -2.43. The molecule has 4 aromatic rings. The first kappa shape index (κ1) is 23.3. The SMILES string of the molecule is COC(=O)C(Cc1ccc(O)cc1)NC(=O)c1cc(C(=O)O)c2cc(-c3cncnc3)ccc2n1. The van der Waals surface area contributed by atoms with E-state index in [4.69, 9.17) is 4.74 Å². The van der Waals surface area contributed by atoms with E-state index in [0.29, 0.717) is 27.6 Å². The summed E-state index contributed by atoms with van der Waals surface area (Å²) in [5.74, 6) is -2.58. The van der Waals surface area contributed by atoms with Crippen LogP contribution in [-0.4, -0.2) is 56.2 Å². The van der Waals surface area contributed by atoms with Gasteiger partial charge in [0.05, 0.1) is 18.2 Å². The molecule has 1 unspecified atom stereocenters. The Hall–Kier alpha value is -4.86. The van der Waals surface area contributed by atoms with E-state index in [1.54, 1.807) is 42.7 Å². The van der Waals surface area contributed by atoms with E-state index in [-0.39, 0.29) is 23.4 Å². The number of nitrogens with zero attached hydrogens (tertiary/aromatic N) is 3. The zero-order valence-electron chi connectivity index (χ0n) is 18.5. The van der Waals surface area contributed by atoms with Gasteiger partial charge in [0, 0.05) is 29.8 Å². The van der Waals surface area contributed by atoms with Crippen LogP contribution in [0.15, 0.2) is 67.3 Å². The van der Waals surface area contributed by atoms with Crippen molar-refractivity contribution in [3.05, 3.63) is 84.1 Å². The topological polar surface area (TPSA) is 152 Å². The minimum absolute atomic E-state index is 0.0666. The molecule has 2 aromatic carbocycles. The number of nitrogens with one attached hydrogen (secondary N) is 1. The number of hydrogen-bond acceptors (Lipinski definition) is 8. The Kier molecular flexibility index (Phi) is 6.63. The van der Waals surface area contributed by atoms with Crippen LogP contribution in [0.1, 0.15) is 26.4 Å². The van der Waals surface area contributed by atoms with Gasteiger partial charge >= 0.3 is 11.9 Å². The number of phenolic OH excluding ortho intramolecular Hbond substituents is 1. The first-order valence-electron chi connectivity index (χ1n) is 10.5. The van der Waals surface area contributed by atoms with Crippen molar-refractivity contribution in [2.75, 3.05) is 7.11 Å². The maximum absolute atomic E-state index is 13.0. The van der Waals surface area contributed by atoms with Crippen molar-refractivity contribution < 1.29 is 29.3 Å². The molecule has 0 bridgehead atoms. The molecule has 0 spiro atoms. The summed E-state index contributed by atoms with van der Waals surface area (Å²) in [7, 11) is 1.20. The molecule has 2 aromatic heterocycles. The lowest BCUT2D eigenvalue weighted by Gasteiger charge is -2.17. The van der Waals surface area contributed by atoms with Gasteiger partial charge in [0.2, 0.25) is 0 Å². The summed E-state index contributed by atoms with van der Waals surface area (Å²) in [6.45, 7) is 0. The summed E-state index contributed by atoms with van der Waals surface area (Å²) >= 11 is 0. The fraction of sp³-hybridized carbons (Fsp3) is 0.120. The third-order valence-corrected chi connectivity index (χ3v) is 5.33. The second-order valence-electron chi connectivity index (χ2n) is 7.64. The number of fused-ring (bicyclic) bond motifs is 1. The zero-order chi connectivity index (χ0) is 24.9. The molecule has 35 heavy (non-hydrogen) atoms. The van der Waals surface area contributed by atoms with E-state index >= 15 is 0 Å². The van der Waals surface area contributed by atoms with Gasteiger partial charge < -0.3 is 20.3 Å². The first-order valence-corrected chi connectivity index (χ1v) is 10.5. The number of carboxylic acid groups (broad SMARTS) is 1. The average Bonchev–Trinajstić information content (AvgIpc) is 2.88. The van der Waals surface area contributed by atoms with Crippen molar-refractivity contribution in [2.24, 2.45) is 0 Å². The van der Waals surface area contributed by atoms with E-state index in [2.05, 4.69) is 20.3 Å². The van der Waals surface area contributed by atoms with Crippen LogP contribution in [0.4, 0.5) is 0 Å². The van der Waals surface area contributed by atoms with E-state index in [9.17, 15) is 24.6 Å². The number of hydrogen-bond donors (Lipinski definition) is 3. The highest BCUT2D eigenvalue weighted by Crippen LogP contribution is 2.26. The number of carboxylic acids is 1. The minimum atomic E-state index is -1.23. The quantitative estimate of drug-likeness (QED) is 0.345. The summed E-state index contributed by atoms with van der Waals surface area (Å²) < 4.78 is 4.80. The fourth-order valence-electron chi connectivity index (χ4n) is 3.58. The van der Waals surface area contributed by atoms with Gasteiger partial charge in [0.15, 0.2) is 0 Å². The monoisotopic (exact) mass is 472 g/mol. The van der Waals surface area contributed by atoms with E-state index < -0.39 is 23.9 Å². The Balaban J connectivity index is 1.67. The number of benzene rings is 2. The number of aromatic nitrogens is 3. The Labute approximate surface area is 199 Å². The van der Waals surface area contributed by atoms with Crippen LogP contribution in [0.3, 0.4) is 0 Å². The number of amides is 1. The third-order valence-electron chi connectivity index (χ3n) is 5.33. The number of carbonyl (C=O) groups is 3. The maximum Gasteiger partial charge on any atom is 0.336 e. The lowest BCUT2D eigenvalue weighted by molar-refractivity contribution is -0.142. The molecule has 0 aliphatic rings. The number of esters is 1. The minimum Gasteiger partial charge on any atom is -0.508 e. The van der Waals surface area contributed by atoms with E-state index in [1.807, 2.05) is 0 Å². The predicted molar refractivity (Wildman–Crippen MR) is 125 cm³/mol. The number of phenols is 1. The highest BCUT2D eigenvalue weighted by molar-refractivity contribution is 6.07. The molecule has 0 fully saturated rings. The Morgan fingerprint density at radius 2 is 1.71 bits per heavy atom. The molecular formula is C25H20N4O6. The molecule has 176 valence electrons. The van der Waals surface area contributed by atoms with Gasteiger partial charge in [-0.05, 0) is 41.5 Å². The molecule has 1 atom stereocenters. The maximum atomic E-state index is 13.0. The molecule has 0 saturated carbocycles. The third kappa shape index (κ3) is 5.22. The number of carbonyl (C=O) groups excluding carboxylic acids is 2. The Morgan fingerprint density at radius 3 is 2.37 bits per heavy atom. The summed E-state index contributed by atoms with van der Waals surface area (Å²) in [6.07, 6.45) is 4.69. The number of aromatic hydroxyl groups is 1. The molecule has 4 rings (SSSR count). The second kappa shape index (κ2) is 9.96. The van der Waals surface area contributed by atoms with Gasteiger partial charge in [-0.1, -0.05) is 18.2 Å². The lowest BCUT2D eigenvalue weighted by atomic mass is 10.0. The van der Waals surface area contributed by atoms with Gasteiger partial charge in [-0.25, -0.2) is 24.5 Å². The van der Waals surface area contributed by atoms with Crippen molar-refractivity contribution in [1.29, 1.82) is 0 Å². The molecule has 3 N–H and O–H groups in total. The molecule has 10 heteroatoms. The van der Waals surface area contributed by atoms with Crippen LogP contribution in [0.2, 0.25) is 0 Å². The van der Waals surface area contributed by atoms with Gasteiger partial charge in [0.1, 0.15) is 23.8 Å². The average molecular weight is 472 g/mol. The number of methoxy groups -OCH3 is 1. The smallest absolute Gasteiger partial charge is 0.336 e. The molecule has 0 aliphatic heterocycles. The molecule has 0 aliphatic carbocycles. The second-order valence-corrected chi connectivity index (χ2v) is 7.64. The van der Waals surface area contributed by atoms with Crippen molar-refractivity contribution in [3.8, 4) is 16.9 Å². The number of aromatic carboxylic acids is 1. The summed E-state index contributed by atoms with van der Waals surface area (Å²) in [5, 5.41) is 22.2. The largest absolute Gasteiger partial charge is 0.508 e. The van der Waals surface area contributed by atoms with Crippen molar-refractivity contribution >= 4 is 28.7 Å². The number of ether oxygens (including phenoxy) is 1. The normalized spacial score (nSPS) is 11.6.